The zero-order valence-corrected chi connectivity index (χ0v) is 11.2. The zero-order chi connectivity index (χ0) is 14.6. The summed E-state index contributed by atoms with van der Waals surface area (Å²) < 4.78 is 1.19. The van der Waals surface area contributed by atoms with Crippen LogP contribution >= 0.6 is 0 Å². The molecule has 1 atom stereocenters. The van der Waals surface area contributed by atoms with Crippen molar-refractivity contribution in [3.05, 3.63) is 22.5 Å². The van der Waals surface area contributed by atoms with Crippen LogP contribution in [0.1, 0.15) is 27.2 Å². The molecule has 0 aliphatic carbocycles. The Morgan fingerprint density at radius 3 is 2.74 bits per heavy atom. The molecule has 19 heavy (non-hydrogen) atoms. The lowest BCUT2D eigenvalue weighted by molar-refractivity contribution is -0.385. The van der Waals surface area contributed by atoms with Crippen molar-refractivity contribution in [2.75, 3.05) is 0 Å². The second-order valence-electron chi connectivity index (χ2n) is 4.84. The first-order valence-electron chi connectivity index (χ1n) is 5.92. The smallest absolute Gasteiger partial charge is 0.307 e. The van der Waals surface area contributed by atoms with Crippen molar-refractivity contribution in [2.45, 2.75) is 45.4 Å². The van der Waals surface area contributed by atoms with Gasteiger partial charge in [-0.25, -0.2) is 0 Å². The van der Waals surface area contributed by atoms with Crippen molar-refractivity contribution in [1.29, 1.82) is 0 Å². The number of amides is 1. The fraction of sp³-hybridized carbons (Fsp3) is 0.636. The van der Waals surface area contributed by atoms with Gasteiger partial charge in [0.1, 0.15) is 18.9 Å². The molecule has 1 aromatic heterocycles. The number of nitro groups is 1. The maximum Gasteiger partial charge on any atom is 0.307 e. The van der Waals surface area contributed by atoms with Crippen LogP contribution in [0.5, 0.6) is 0 Å². The summed E-state index contributed by atoms with van der Waals surface area (Å²) in [5.41, 5.74) is -1.19. The molecule has 0 saturated heterocycles. The largest absolute Gasteiger partial charge is 0.388 e. The lowest BCUT2D eigenvalue weighted by atomic mass is 9.96. The molecule has 0 saturated carbocycles. The first kappa shape index (κ1) is 15.1. The highest BCUT2D eigenvalue weighted by molar-refractivity contribution is 5.76. The number of rotatable bonds is 6. The van der Waals surface area contributed by atoms with Gasteiger partial charge in [-0.05, 0) is 20.3 Å². The van der Waals surface area contributed by atoms with E-state index >= 15 is 0 Å². The summed E-state index contributed by atoms with van der Waals surface area (Å²) in [6.45, 7) is 4.95. The quantitative estimate of drug-likeness (QED) is 0.576. The lowest BCUT2D eigenvalue weighted by Gasteiger charge is -2.29. The normalized spacial score (nSPS) is 13.1. The molecule has 1 unspecified atom stereocenters. The van der Waals surface area contributed by atoms with Crippen molar-refractivity contribution in [1.82, 2.24) is 15.1 Å². The maximum atomic E-state index is 11.8. The highest BCUT2D eigenvalue weighted by Crippen LogP contribution is 2.12. The summed E-state index contributed by atoms with van der Waals surface area (Å²) in [7, 11) is 0. The summed E-state index contributed by atoms with van der Waals surface area (Å²) in [4.78, 5) is 21.7. The molecule has 0 fully saturated rings. The first-order valence-corrected chi connectivity index (χ1v) is 5.92. The van der Waals surface area contributed by atoms with Gasteiger partial charge in [-0.15, -0.1) is 0 Å². The maximum absolute atomic E-state index is 11.8. The number of hydrogen-bond donors (Lipinski definition) is 2. The van der Waals surface area contributed by atoms with Crippen molar-refractivity contribution in [2.24, 2.45) is 0 Å². The predicted octanol–water partition coefficient (Wildman–Crippen LogP) is 0.457. The average Bonchev–Trinajstić information content (AvgIpc) is 2.72. The van der Waals surface area contributed by atoms with E-state index in [1.54, 1.807) is 13.8 Å². The van der Waals surface area contributed by atoms with E-state index in [4.69, 9.17) is 0 Å². The minimum absolute atomic E-state index is 0.125. The second kappa shape index (κ2) is 5.79. The van der Waals surface area contributed by atoms with Gasteiger partial charge in [-0.1, -0.05) is 6.92 Å². The zero-order valence-electron chi connectivity index (χ0n) is 11.2. The van der Waals surface area contributed by atoms with Crippen LogP contribution < -0.4 is 5.32 Å². The molecule has 0 spiro atoms. The van der Waals surface area contributed by atoms with E-state index in [0.29, 0.717) is 6.42 Å². The molecule has 0 aromatic carbocycles. The Kier molecular flexibility index (Phi) is 4.60. The number of carbonyl (C=O) groups is 1. The SMILES string of the molecule is CCC(NC(=O)Cn1cc([N+](=O)[O-])cn1)C(C)(C)O. The Morgan fingerprint density at radius 2 is 2.32 bits per heavy atom. The first-order chi connectivity index (χ1) is 8.74. The van der Waals surface area contributed by atoms with E-state index < -0.39 is 10.5 Å². The number of nitrogens with zero attached hydrogens (tertiary/aromatic N) is 3. The van der Waals surface area contributed by atoms with Crippen molar-refractivity contribution in [3.63, 3.8) is 0 Å². The van der Waals surface area contributed by atoms with E-state index in [-0.39, 0.29) is 24.2 Å². The average molecular weight is 270 g/mol. The summed E-state index contributed by atoms with van der Waals surface area (Å²) in [5, 5.41) is 26.7. The Bertz CT molecular complexity index is 464. The van der Waals surface area contributed by atoms with Crippen LogP contribution in [-0.4, -0.2) is 37.4 Å². The van der Waals surface area contributed by atoms with Crippen LogP contribution in [0.2, 0.25) is 0 Å². The molecule has 0 aliphatic rings. The van der Waals surface area contributed by atoms with Gasteiger partial charge in [-0.3, -0.25) is 19.6 Å². The molecular weight excluding hydrogens is 252 g/mol. The molecule has 8 heteroatoms. The van der Waals surface area contributed by atoms with Crippen LogP contribution in [-0.2, 0) is 11.3 Å². The van der Waals surface area contributed by atoms with E-state index in [9.17, 15) is 20.0 Å². The number of nitrogens with one attached hydrogen (secondary N) is 1. The number of carbonyl (C=O) groups excluding carboxylic acids is 1. The molecule has 0 radical (unpaired) electrons. The highest BCUT2D eigenvalue weighted by Gasteiger charge is 2.26. The summed E-state index contributed by atoms with van der Waals surface area (Å²) >= 11 is 0. The van der Waals surface area contributed by atoms with Crippen LogP contribution in [0.4, 0.5) is 5.69 Å². The molecule has 1 aromatic rings. The molecule has 106 valence electrons. The summed E-state index contributed by atoms with van der Waals surface area (Å²) in [5.74, 6) is -0.355. The molecule has 1 heterocycles. The van der Waals surface area contributed by atoms with Crippen LogP contribution in [0.25, 0.3) is 0 Å². The Labute approximate surface area is 110 Å². The van der Waals surface area contributed by atoms with E-state index in [1.165, 1.54) is 10.9 Å². The Morgan fingerprint density at radius 1 is 1.68 bits per heavy atom. The minimum Gasteiger partial charge on any atom is -0.388 e. The van der Waals surface area contributed by atoms with Gasteiger partial charge in [-0.2, -0.15) is 5.10 Å². The van der Waals surface area contributed by atoms with E-state index in [0.717, 1.165) is 6.20 Å². The number of hydrogen-bond acceptors (Lipinski definition) is 5. The molecule has 0 aliphatic heterocycles. The second-order valence-corrected chi connectivity index (χ2v) is 4.84. The lowest BCUT2D eigenvalue weighted by Crippen LogP contribution is -2.49. The Balaban J connectivity index is 2.61. The van der Waals surface area contributed by atoms with Crippen LogP contribution in [0, 0.1) is 10.1 Å². The fourth-order valence-electron chi connectivity index (χ4n) is 1.70. The highest BCUT2D eigenvalue weighted by atomic mass is 16.6. The molecular formula is C11H18N4O4. The van der Waals surface area contributed by atoms with Crippen LogP contribution in [0.3, 0.4) is 0 Å². The van der Waals surface area contributed by atoms with Gasteiger partial charge >= 0.3 is 5.69 Å². The topological polar surface area (TPSA) is 110 Å². The molecule has 1 rings (SSSR count). The van der Waals surface area contributed by atoms with Gasteiger partial charge in [0.25, 0.3) is 0 Å². The molecule has 8 nitrogen and oxygen atoms in total. The Hall–Kier alpha value is -1.96. The molecule has 1 amide bonds. The molecule has 2 N–H and O–H groups in total. The monoisotopic (exact) mass is 270 g/mol. The molecule has 0 bridgehead atoms. The minimum atomic E-state index is -1.03. The fourth-order valence-corrected chi connectivity index (χ4v) is 1.70. The van der Waals surface area contributed by atoms with Gasteiger partial charge in [0.15, 0.2) is 0 Å². The summed E-state index contributed by atoms with van der Waals surface area (Å²) in [6, 6.07) is -0.384. The van der Waals surface area contributed by atoms with Crippen molar-refractivity contribution < 1.29 is 14.8 Å². The standard InChI is InChI=1S/C11H18N4O4/c1-4-9(11(2,3)17)13-10(16)7-14-6-8(5-12-14)15(18)19/h5-6,9,17H,4,7H2,1-3H3,(H,13,16). The van der Waals surface area contributed by atoms with Crippen molar-refractivity contribution in [3.8, 4) is 0 Å². The summed E-state index contributed by atoms with van der Waals surface area (Å²) in [6.07, 6.45) is 2.85. The number of aliphatic hydroxyl groups is 1. The third kappa shape index (κ3) is 4.32. The van der Waals surface area contributed by atoms with Gasteiger partial charge < -0.3 is 10.4 Å². The van der Waals surface area contributed by atoms with Gasteiger partial charge in [0.05, 0.1) is 16.6 Å². The van der Waals surface area contributed by atoms with Gasteiger partial charge in [0, 0.05) is 0 Å². The third-order valence-electron chi connectivity index (χ3n) is 2.73. The predicted molar refractivity (Wildman–Crippen MR) is 67.4 cm³/mol. The van der Waals surface area contributed by atoms with E-state index in [2.05, 4.69) is 10.4 Å². The third-order valence-corrected chi connectivity index (χ3v) is 2.73. The van der Waals surface area contributed by atoms with Gasteiger partial charge in [0.2, 0.25) is 5.91 Å². The van der Waals surface area contributed by atoms with Crippen LogP contribution in [0.15, 0.2) is 12.4 Å². The van der Waals surface area contributed by atoms with Crippen molar-refractivity contribution >= 4 is 11.6 Å². The number of aromatic nitrogens is 2. The van der Waals surface area contributed by atoms with E-state index in [1.807, 2.05) is 6.92 Å².